The van der Waals surface area contributed by atoms with E-state index in [2.05, 4.69) is 9.97 Å². The minimum absolute atomic E-state index is 0.127. The largest absolute Gasteiger partial charge is 0.481 e. The lowest BCUT2D eigenvalue weighted by Crippen LogP contribution is -2.21. The van der Waals surface area contributed by atoms with Gasteiger partial charge in [-0.05, 0) is 12.5 Å². The summed E-state index contributed by atoms with van der Waals surface area (Å²) >= 11 is 0. The van der Waals surface area contributed by atoms with Gasteiger partial charge in [0.2, 0.25) is 11.7 Å². The number of H-pyrrole nitrogens is 1. The summed E-state index contributed by atoms with van der Waals surface area (Å²) in [5.41, 5.74) is 5.44. The summed E-state index contributed by atoms with van der Waals surface area (Å²) in [6, 6.07) is 9.23. The average molecular weight is 319 g/mol. The molecule has 3 N–H and O–H groups in total. The number of nitrogens with one attached hydrogen (secondary N) is 1. The Bertz CT molecular complexity index is 683. The van der Waals surface area contributed by atoms with Gasteiger partial charge in [0.15, 0.2) is 5.69 Å². The van der Waals surface area contributed by atoms with Crippen LogP contribution in [0.1, 0.15) is 36.8 Å². The predicted octanol–water partition coefficient (Wildman–Crippen LogP) is 2.13. The number of esters is 1. The number of aromatic amines is 1. The van der Waals surface area contributed by atoms with Crippen molar-refractivity contribution in [3.8, 4) is 5.75 Å². The van der Waals surface area contributed by atoms with Gasteiger partial charge in [-0.1, -0.05) is 44.2 Å². The van der Waals surface area contributed by atoms with Crippen molar-refractivity contribution >= 4 is 11.9 Å². The maximum atomic E-state index is 11.9. The molecular weight excluding hydrogens is 298 g/mol. The molecule has 0 fully saturated rings. The molecule has 0 bridgehead atoms. The monoisotopic (exact) mass is 319 g/mol. The molecule has 0 atom stereocenters. The number of hydrogen-bond acceptors (Lipinski definition) is 6. The van der Waals surface area contributed by atoms with Crippen molar-refractivity contribution in [3.63, 3.8) is 0 Å². The highest BCUT2D eigenvalue weighted by molar-refractivity contribution is 5.90. The van der Waals surface area contributed by atoms with Gasteiger partial charge in [-0.25, -0.2) is 9.78 Å². The summed E-state index contributed by atoms with van der Waals surface area (Å²) in [7, 11) is 0. The van der Waals surface area contributed by atoms with Crippen molar-refractivity contribution < 1.29 is 14.3 Å². The first-order chi connectivity index (χ1) is 11.1. The Morgan fingerprint density at radius 2 is 1.91 bits per heavy atom. The number of rotatable bonds is 5. The van der Waals surface area contributed by atoms with E-state index in [0.717, 1.165) is 5.56 Å². The van der Waals surface area contributed by atoms with Gasteiger partial charge in [0.25, 0.3) is 5.56 Å². The highest BCUT2D eigenvalue weighted by Crippen LogP contribution is 2.14. The van der Waals surface area contributed by atoms with Gasteiger partial charge in [-0.15, -0.1) is 0 Å². The van der Waals surface area contributed by atoms with E-state index >= 15 is 0 Å². The van der Waals surface area contributed by atoms with Crippen LogP contribution < -0.4 is 16.0 Å². The molecule has 2 rings (SSSR count). The van der Waals surface area contributed by atoms with Crippen LogP contribution >= 0.6 is 0 Å². The normalized spacial score (nSPS) is 9.52. The lowest BCUT2D eigenvalue weighted by molar-refractivity contribution is 0.0513. The van der Waals surface area contributed by atoms with Gasteiger partial charge in [0.05, 0.1) is 6.61 Å². The van der Waals surface area contributed by atoms with E-state index in [4.69, 9.17) is 15.2 Å². The van der Waals surface area contributed by atoms with Crippen LogP contribution in [-0.2, 0) is 11.3 Å². The SMILES string of the molecule is CC.CCOC(=O)c1nc(N)[nH]c(=O)c1OCc1ccccc1. The first kappa shape index (κ1) is 18.2. The lowest BCUT2D eigenvalue weighted by Gasteiger charge is -2.09. The molecule has 0 saturated carbocycles. The zero-order valence-electron chi connectivity index (χ0n) is 13.5. The molecule has 0 aliphatic carbocycles. The molecule has 0 spiro atoms. The second-order valence-corrected chi connectivity index (χ2v) is 4.12. The fourth-order valence-corrected chi connectivity index (χ4v) is 1.68. The fourth-order valence-electron chi connectivity index (χ4n) is 1.68. The van der Waals surface area contributed by atoms with Gasteiger partial charge in [0, 0.05) is 0 Å². The number of benzene rings is 1. The van der Waals surface area contributed by atoms with Crippen molar-refractivity contribution in [3.05, 3.63) is 51.9 Å². The number of ether oxygens (including phenoxy) is 2. The third-order valence-corrected chi connectivity index (χ3v) is 2.59. The molecule has 23 heavy (non-hydrogen) atoms. The first-order valence-corrected chi connectivity index (χ1v) is 7.35. The number of hydrogen-bond donors (Lipinski definition) is 2. The zero-order valence-corrected chi connectivity index (χ0v) is 13.5. The Morgan fingerprint density at radius 1 is 1.26 bits per heavy atom. The molecule has 124 valence electrons. The van der Waals surface area contributed by atoms with Gasteiger partial charge >= 0.3 is 5.97 Å². The third kappa shape index (κ3) is 5.14. The van der Waals surface area contributed by atoms with Crippen molar-refractivity contribution in [2.24, 2.45) is 0 Å². The van der Waals surface area contributed by atoms with Gasteiger partial charge in [-0.3, -0.25) is 9.78 Å². The molecule has 0 amide bonds. The standard InChI is InChI=1S/C14H15N3O4.C2H6/c1-2-20-13(19)10-11(12(18)17-14(15)16-10)21-8-9-6-4-3-5-7-9;1-2/h3-7H,2,8H2,1H3,(H3,15,16,17,18);1-2H3. The molecule has 1 heterocycles. The quantitative estimate of drug-likeness (QED) is 0.818. The third-order valence-electron chi connectivity index (χ3n) is 2.59. The Kier molecular flexibility index (Phi) is 7.32. The topological polar surface area (TPSA) is 107 Å². The van der Waals surface area contributed by atoms with E-state index in [0.29, 0.717) is 0 Å². The molecule has 7 heteroatoms. The number of aromatic nitrogens is 2. The lowest BCUT2D eigenvalue weighted by atomic mass is 10.2. The van der Waals surface area contributed by atoms with Gasteiger partial charge < -0.3 is 15.2 Å². The first-order valence-electron chi connectivity index (χ1n) is 7.35. The average Bonchev–Trinajstić information content (AvgIpc) is 2.56. The second kappa shape index (κ2) is 9.24. The van der Waals surface area contributed by atoms with Crippen LogP contribution in [-0.4, -0.2) is 22.5 Å². The number of nitrogens with zero attached hydrogens (tertiary/aromatic N) is 1. The van der Waals surface area contributed by atoms with E-state index in [1.807, 2.05) is 44.2 Å². The molecule has 0 radical (unpaired) electrons. The summed E-state index contributed by atoms with van der Waals surface area (Å²) in [5.74, 6) is -1.13. The Labute approximate surface area is 134 Å². The summed E-state index contributed by atoms with van der Waals surface area (Å²) in [6.07, 6.45) is 0. The molecule has 1 aromatic carbocycles. The summed E-state index contributed by atoms with van der Waals surface area (Å²) in [5, 5.41) is 0. The summed E-state index contributed by atoms with van der Waals surface area (Å²) in [6.45, 7) is 5.94. The van der Waals surface area contributed by atoms with Crippen LogP contribution in [0, 0.1) is 0 Å². The minimum atomic E-state index is -0.752. The van der Waals surface area contributed by atoms with Gasteiger partial charge in [-0.2, -0.15) is 0 Å². The predicted molar refractivity (Wildman–Crippen MR) is 87.3 cm³/mol. The molecule has 7 nitrogen and oxygen atoms in total. The highest BCUT2D eigenvalue weighted by atomic mass is 16.5. The number of nitrogen functional groups attached to an aromatic ring is 1. The zero-order chi connectivity index (χ0) is 17.2. The fraction of sp³-hybridized carbons (Fsp3) is 0.312. The molecule has 2 aromatic rings. The number of nitrogens with two attached hydrogens (primary N) is 1. The maximum absolute atomic E-state index is 11.9. The molecule has 0 saturated heterocycles. The van der Waals surface area contributed by atoms with Crippen LogP contribution in [0.2, 0.25) is 0 Å². The van der Waals surface area contributed by atoms with E-state index in [9.17, 15) is 9.59 Å². The van der Waals surface area contributed by atoms with Crippen LogP contribution in [0.25, 0.3) is 0 Å². The second-order valence-electron chi connectivity index (χ2n) is 4.12. The molecule has 0 aliphatic heterocycles. The number of carbonyl (C=O) groups is 1. The Morgan fingerprint density at radius 3 is 2.52 bits per heavy atom. The van der Waals surface area contributed by atoms with Crippen molar-refractivity contribution in [2.75, 3.05) is 12.3 Å². The number of carbonyl (C=O) groups excluding carboxylic acids is 1. The van der Waals surface area contributed by atoms with E-state index in [-0.39, 0.29) is 30.6 Å². The van der Waals surface area contributed by atoms with E-state index in [1.165, 1.54) is 0 Å². The van der Waals surface area contributed by atoms with Crippen LogP contribution in [0.15, 0.2) is 35.1 Å². The van der Waals surface area contributed by atoms with Crippen molar-refractivity contribution in [1.82, 2.24) is 9.97 Å². The maximum Gasteiger partial charge on any atom is 0.361 e. The summed E-state index contributed by atoms with van der Waals surface area (Å²) in [4.78, 5) is 29.8. The van der Waals surface area contributed by atoms with Gasteiger partial charge in [0.1, 0.15) is 6.61 Å². The van der Waals surface area contributed by atoms with E-state index in [1.54, 1.807) is 6.92 Å². The van der Waals surface area contributed by atoms with Crippen LogP contribution in [0.3, 0.4) is 0 Å². The summed E-state index contributed by atoms with van der Waals surface area (Å²) < 4.78 is 10.3. The van der Waals surface area contributed by atoms with Crippen LogP contribution in [0.4, 0.5) is 5.95 Å². The van der Waals surface area contributed by atoms with Crippen LogP contribution in [0.5, 0.6) is 5.75 Å². The Balaban J connectivity index is 0.00000127. The molecular formula is C16H21N3O4. The Hall–Kier alpha value is -2.83. The smallest absolute Gasteiger partial charge is 0.361 e. The highest BCUT2D eigenvalue weighted by Gasteiger charge is 2.20. The van der Waals surface area contributed by atoms with Crippen molar-refractivity contribution in [1.29, 1.82) is 0 Å². The molecule has 0 aliphatic rings. The van der Waals surface area contributed by atoms with Crippen molar-refractivity contribution in [2.45, 2.75) is 27.4 Å². The molecule has 0 unspecified atom stereocenters. The minimum Gasteiger partial charge on any atom is -0.481 e. The molecule has 1 aromatic heterocycles. The number of anilines is 1. The van der Waals surface area contributed by atoms with E-state index < -0.39 is 11.5 Å².